The van der Waals surface area contributed by atoms with E-state index >= 15 is 0 Å². The van der Waals surface area contributed by atoms with Crippen LogP contribution in [-0.4, -0.2) is 64.0 Å². The average molecular weight is 447 g/mol. The summed E-state index contributed by atoms with van der Waals surface area (Å²) in [5.74, 6) is 0.186. The summed E-state index contributed by atoms with van der Waals surface area (Å²) in [6, 6.07) is 11.1. The molecule has 2 aromatic rings. The van der Waals surface area contributed by atoms with Gasteiger partial charge in [-0.3, -0.25) is 4.79 Å². The highest BCUT2D eigenvalue weighted by Gasteiger charge is 2.29. The lowest BCUT2D eigenvalue weighted by Crippen LogP contribution is -2.40. The summed E-state index contributed by atoms with van der Waals surface area (Å²) in [7, 11) is -0.537. The number of methoxy groups -OCH3 is 1. The van der Waals surface area contributed by atoms with E-state index in [1.165, 1.54) is 17.0 Å². The molecule has 1 aliphatic heterocycles. The number of morpholine rings is 1. The Labute approximate surface area is 184 Å². The van der Waals surface area contributed by atoms with Gasteiger partial charge in [0.05, 0.1) is 26.7 Å². The number of aryl methyl sites for hydroxylation is 2. The normalized spacial score (nSPS) is 15.0. The standard InChI is InChI=1S/C23H30N2O5S/c1-17-5-7-20(18(2)13-17)16-24(3)23(26)15-19-6-8-21(29-4)22(14-19)31(27,28)25-9-11-30-12-10-25/h5-8,13-14H,9-12,15-16H2,1-4H3. The molecule has 0 N–H and O–H groups in total. The lowest BCUT2D eigenvalue weighted by atomic mass is 10.1. The van der Waals surface area contributed by atoms with Crippen molar-refractivity contribution in [1.29, 1.82) is 0 Å². The molecule has 0 spiro atoms. The molecule has 1 aliphatic rings. The van der Waals surface area contributed by atoms with Gasteiger partial charge in [0.2, 0.25) is 15.9 Å². The maximum Gasteiger partial charge on any atom is 0.246 e. The van der Waals surface area contributed by atoms with E-state index in [-0.39, 0.29) is 23.0 Å². The molecular weight excluding hydrogens is 416 g/mol. The number of carbonyl (C=O) groups excluding carboxylic acids is 1. The summed E-state index contributed by atoms with van der Waals surface area (Å²) in [5, 5.41) is 0. The second-order valence-corrected chi connectivity index (χ2v) is 9.76. The zero-order valence-electron chi connectivity index (χ0n) is 18.6. The molecule has 0 aliphatic carbocycles. The first-order valence-corrected chi connectivity index (χ1v) is 11.7. The van der Waals surface area contributed by atoms with Crippen LogP contribution in [-0.2, 0) is 32.5 Å². The second-order valence-electron chi connectivity index (χ2n) is 7.86. The smallest absolute Gasteiger partial charge is 0.246 e. The molecule has 0 bridgehead atoms. The molecule has 7 nitrogen and oxygen atoms in total. The molecule has 0 atom stereocenters. The summed E-state index contributed by atoms with van der Waals surface area (Å²) >= 11 is 0. The Morgan fingerprint density at radius 3 is 2.48 bits per heavy atom. The van der Waals surface area contributed by atoms with Crippen molar-refractivity contribution in [3.63, 3.8) is 0 Å². The molecule has 2 aromatic carbocycles. The number of nitrogens with zero attached hydrogens (tertiary/aromatic N) is 2. The molecule has 3 rings (SSSR count). The van der Waals surface area contributed by atoms with Crippen molar-refractivity contribution in [2.75, 3.05) is 40.5 Å². The topological polar surface area (TPSA) is 76.2 Å². The van der Waals surface area contributed by atoms with Crippen molar-refractivity contribution in [1.82, 2.24) is 9.21 Å². The monoisotopic (exact) mass is 446 g/mol. The van der Waals surface area contributed by atoms with Crippen LogP contribution in [0.2, 0.25) is 0 Å². The molecule has 0 radical (unpaired) electrons. The Hall–Kier alpha value is -2.42. The lowest BCUT2D eigenvalue weighted by molar-refractivity contribution is -0.129. The molecule has 1 fully saturated rings. The van der Waals surface area contributed by atoms with Gasteiger partial charge < -0.3 is 14.4 Å². The van der Waals surface area contributed by atoms with Crippen LogP contribution >= 0.6 is 0 Å². The first kappa shape index (κ1) is 23.2. The van der Waals surface area contributed by atoms with Gasteiger partial charge in [-0.15, -0.1) is 0 Å². The SMILES string of the molecule is COc1ccc(CC(=O)N(C)Cc2ccc(C)cc2C)cc1S(=O)(=O)N1CCOCC1. The number of benzene rings is 2. The summed E-state index contributed by atoms with van der Waals surface area (Å²) in [5.41, 5.74) is 4.04. The van der Waals surface area contributed by atoms with Gasteiger partial charge in [0, 0.05) is 26.7 Å². The van der Waals surface area contributed by atoms with Gasteiger partial charge in [0.15, 0.2) is 0 Å². The van der Waals surface area contributed by atoms with Crippen molar-refractivity contribution in [3.8, 4) is 5.75 Å². The summed E-state index contributed by atoms with van der Waals surface area (Å²) in [6.07, 6.45) is 0.108. The molecule has 31 heavy (non-hydrogen) atoms. The highest BCUT2D eigenvalue weighted by atomic mass is 32.2. The first-order valence-electron chi connectivity index (χ1n) is 10.3. The van der Waals surface area contributed by atoms with Crippen molar-refractivity contribution in [3.05, 3.63) is 58.7 Å². The molecule has 1 amide bonds. The van der Waals surface area contributed by atoms with Crippen LogP contribution in [0.3, 0.4) is 0 Å². The van der Waals surface area contributed by atoms with E-state index in [1.807, 2.05) is 26.0 Å². The van der Waals surface area contributed by atoms with E-state index in [9.17, 15) is 13.2 Å². The van der Waals surface area contributed by atoms with Crippen molar-refractivity contribution < 1.29 is 22.7 Å². The Balaban J connectivity index is 1.78. The Bertz CT molecular complexity index is 1050. The van der Waals surface area contributed by atoms with Gasteiger partial charge in [-0.25, -0.2) is 8.42 Å². The van der Waals surface area contributed by atoms with Gasteiger partial charge in [-0.05, 0) is 42.7 Å². The Morgan fingerprint density at radius 1 is 1.13 bits per heavy atom. The predicted molar refractivity (Wildman–Crippen MR) is 119 cm³/mol. The molecule has 1 heterocycles. The molecule has 1 saturated heterocycles. The molecule has 0 unspecified atom stereocenters. The summed E-state index contributed by atoms with van der Waals surface area (Å²) in [4.78, 5) is 14.6. The van der Waals surface area contributed by atoms with E-state index in [1.54, 1.807) is 30.1 Å². The molecule has 0 aromatic heterocycles. The van der Waals surface area contributed by atoms with E-state index in [2.05, 4.69) is 6.07 Å². The van der Waals surface area contributed by atoms with Crippen LogP contribution in [0.25, 0.3) is 0 Å². The number of hydrogen-bond acceptors (Lipinski definition) is 5. The largest absolute Gasteiger partial charge is 0.495 e. The fraction of sp³-hybridized carbons (Fsp3) is 0.435. The van der Waals surface area contributed by atoms with Gasteiger partial charge in [0.25, 0.3) is 0 Å². The highest BCUT2D eigenvalue weighted by molar-refractivity contribution is 7.89. The lowest BCUT2D eigenvalue weighted by Gasteiger charge is -2.27. The van der Waals surface area contributed by atoms with Gasteiger partial charge >= 0.3 is 0 Å². The van der Waals surface area contributed by atoms with E-state index < -0.39 is 10.0 Å². The number of likely N-dealkylation sites (N-methyl/N-ethyl adjacent to an activating group) is 1. The molecule has 168 valence electrons. The third-order valence-electron chi connectivity index (χ3n) is 5.50. The Kier molecular flexibility index (Phi) is 7.35. The van der Waals surface area contributed by atoms with Crippen LogP contribution in [0.15, 0.2) is 41.3 Å². The molecule has 8 heteroatoms. The summed E-state index contributed by atoms with van der Waals surface area (Å²) in [6.45, 7) is 5.90. The van der Waals surface area contributed by atoms with Crippen molar-refractivity contribution >= 4 is 15.9 Å². The van der Waals surface area contributed by atoms with Crippen molar-refractivity contribution in [2.24, 2.45) is 0 Å². The molecular formula is C23H30N2O5S. The van der Waals surface area contributed by atoms with Crippen LogP contribution in [0.4, 0.5) is 0 Å². The minimum atomic E-state index is -3.74. The molecule has 0 saturated carbocycles. The van der Waals surface area contributed by atoms with E-state index in [0.29, 0.717) is 38.4 Å². The fourth-order valence-electron chi connectivity index (χ4n) is 3.64. The minimum Gasteiger partial charge on any atom is -0.495 e. The van der Waals surface area contributed by atoms with E-state index in [4.69, 9.17) is 9.47 Å². The van der Waals surface area contributed by atoms with Crippen LogP contribution in [0, 0.1) is 13.8 Å². The van der Waals surface area contributed by atoms with Gasteiger partial charge in [-0.2, -0.15) is 4.31 Å². The minimum absolute atomic E-state index is 0.0826. The Morgan fingerprint density at radius 2 is 1.84 bits per heavy atom. The number of rotatable bonds is 7. The van der Waals surface area contributed by atoms with Gasteiger partial charge in [-0.1, -0.05) is 29.8 Å². The number of carbonyl (C=O) groups is 1. The number of amides is 1. The van der Waals surface area contributed by atoms with E-state index in [0.717, 1.165) is 11.1 Å². The quantitative estimate of drug-likeness (QED) is 0.653. The number of hydrogen-bond donors (Lipinski definition) is 0. The highest BCUT2D eigenvalue weighted by Crippen LogP contribution is 2.29. The van der Waals surface area contributed by atoms with Gasteiger partial charge in [0.1, 0.15) is 10.6 Å². The summed E-state index contributed by atoms with van der Waals surface area (Å²) < 4.78 is 38.2. The third-order valence-corrected chi connectivity index (χ3v) is 7.42. The fourth-order valence-corrected chi connectivity index (χ4v) is 5.25. The number of ether oxygens (including phenoxy) is 2. The second kappa shape index (κ2) is 9.80. The maximum atomic E-state index is 13.1. The zero-order chi connectivity index (χ0) is 22.6. The zero-order valence-corrected chi connectivity index (χ0v) is 19.4. The maximum absolute atomic E-state index is 13.1. The van der Waals surface area contributed by atoms with Crippen molar-refractivity contribution in [2.45, 2.75) is 31.7 Å². The third kappa shape index (κ3) is 5.44. The first-order chi connectivity index (χ1) is 14.7. The predicted octanol–water partition coefficient (Wildman–Crippen LogP) is 2.53. The van der Waals surface area contributed by atoms with Crippen LogP contribution < -0.4 is 4.74 Å². The van der Waals surface area contributed by atoms with Crippen LogP contribution in [0.5, 0.6) is 5.75 Å². The van der Waals surface area contributed by atoms with Crippen LogP contribution in [0.1, 0.15) is 22.3 Å². The average Bonchev–Trinajstić information content (AvgIpc) is 2.76. The number of sulfonamides is 1.